The Balaban J connectivity index is 1.44. The molecule has 2 aliphatic rings. The first-order valence-corrected chi connectivity index (χ1v) is 12.0. The normalized spacial score (nSPS) is 19.9. The van der Waals surface area contributed by atoms with Crippen molar-refractivity contribution in [3.8, 4) is 10.4 Å². The third-order valence-corrected chi connectivity index (χ3v) is 7.62. The number of ether oxygens (including phenoxy) is 1. The first kappa shape index (κ1) is 21.8. The molecule has 2 aromatic carbocycles. The summed E-state index contributed by atoms with van der Waals surface area (Å²) in [6, 6.07) is 16.5. The lowest BCUT2D eigenvalue weighted by atomic mass is 10.1. The fourth-order valence-electron chi connectivity index (χ4n) is 4.46. The van der Waals surface area contributed by atoms with Crippen molar-refractivity contribution in [2.75, 3.05) is 31.6 Å². The minimum Gasteiger partial charge on any atom is -0.378 e. The molecule has 5 rings (SSSR count). The molecule has 1 aromatic heterocycles. The molecule has 0 radical (unpaired) electrons. The highest BCUT2D eigenvalue weighted by Crippen LogP contribution is 2.49. The van der Waals surface area contributed by atoms with Crippen LogP contribution in [-0.2, 0) is 9.53 Å². The van der Waals surface area contributed by atoms with Crippen molar-refractivity contribution in [3.63, 3.8) is 0 Å². The van der Waals surface area contributed by atoms with E-state index in [4.69, 9.17) is 4.74 Å². The maximum absolute atomic E-state index is 14.2. The molecule has 1 aliphatic carbocycles. The fraction of sp³-hybridized carbons (Fsp3) is 0.308. The molecular formula is C26H25FN2O3S. The van der Waals surface area contributed by atoms with Gasteiger partial charge in [0.05, 0.1) is 18.8 Å². The maximum atomic E-state index is 14.2. The number of rotatable bonds is 5. The van der Waals surface area contributed by atoms with Crippen LogP contribution in [0.5, 0.6) is 0 Å². The Bertz CT molecular complexity index is 1190. The van der Waals surface area contributed by atoms with E-state index in [0.717, 1.165) is 16.0 Å². The molecule has 170 valence electrons. The van der Waals surface area contributed by atoms with Crippen LogP contribution >= 0.6 is 11.3 Å². The number of halogens is 1. The van der Waals surface area contributed by atoms with Crippen LogP contribution in [0, 0.1) is 18.7 Å². The van der Waals surface area contributed by atoms with Crippen LogP contribution in [0.2, 0.25) is 0 Å². The Morgan fingerprint density at radius 1 is 1.06 bits per heavy atom. The molecule has 0 spiro atoms. The van der Waals surface area contributed by atoms with E-state index in [1.54, 1.807) is 23.1 Å². The van der Waals surface area contributed by atoms with E-state index in [2.05, 4.69) is 5.32 Å². The second-order valence-electron chi connectivity index (χ2n) is 8.49. The molecule has 33 heavy (non-hydrogen) atoms. The Morgan fingerprint density at radius 3 is 2.48 bits per heavy atom. The van der Waals surface area contributed by atoms with Crippen LogP contribution in [-0.4, -0.2) is 43.0 Å². The fourth-order valence-corrected chi connectivity index (χ4v) is 5.66. The van der Waals surface area contributed by atoms with Gasteiger partial charge >= 0.3 is 0 Å². The highest BCUT2D eigenvalue weighted by Gasteiger charge is 2.45. The van der Waals surface area contributed by atoms with Gasteiger partial charge in [0, 0.05) is 23.9 Å². The second-order valence-corrected chi connectivity index (χ2v) is 9.51. The molecule has 2 fully saturated rings. The number of nitrogens with zero attached hydrogens (tertiary/aromatic N) is 1. The number of hydrogen-bond donors (Lipinski definition) is 1. The lowest BCUT2D eigenvalue weighted by Crippen LogP contribution is -2.41. The lowest BCUT2D eigenvalue weighted by Gasteiger charge is -2.27. The van der Waals surface area contributed by atoms with E-state index in [0.29, 0.717) is 48.9 Å². The third-order valence-electron chi connectivity index (χ3n) is 6.36. The van der Waals surface area contributed by atoms with Crippen molar-refractivity contribution in [2.24, 2.45) is 5.92 Å². The number of morpholine rings is 1. The Labute approximate surface area is 196 Å². The minimum atomic E-state index is -0.296. The highest BCUT2D eigenvalue weighted by molar-refractivity contribution is 7.20. The van der Waals surface area contributed by atoms with Crippen LogP contribution in [0.25, 0.3) is 10.4 Å². The molecule has 1 N–H and O–H groups in total. The van der Waals surface area contributed by atoms with Crippen molar-refractivity contribution >= 4 is 28.2 Å². The van der Waals surface area contributed by atoms with Gasteiger partial charge in [0.1, 0.15) is 10.8 Å². The Kier molecular flexibility index (Phi) is 6.00. The van der Waals surface area contributed by atoms with Crippen molar-refractivity contribution in [3.05, 3.63) is 77.1 Å². The van der Waals surface area contributed by atoms with Gasteiger partial charge in [-0.25, -0.2) is 4.39 Å². The van der Waals surface area contributed by atoms with E-state index in [1.165, 1.54) is 17.4 Å². The molecule has 7 heteroatoms. The summed E-state index contributed by atoms with van der Waals surface area (Å²) in [5, 5.41) is 3.58. The summed E-state index contributed by atoms with van der Waals surface area (Å²) in [6.45, 7) is 4.00. The first-order chi connectivity index (χ1) is 16.0. The van der Waals surface area contributed by atoms with E-state index in [9.17, 15) is 14.0 Å². The summed E-state index contributed by atoms with van der Waals surface area (Å²) >= 11 is 1.42. The van der Waals surface area contributed by atoms with Crippen LogP contribution in [0.15, 0.2) is 54.6 Å². The van der Waals surface area contributed by atoms with E-state index in [1.807, 2.05) is 37.3 Å². The second kappa shape index (κ2) is 9.08. The maximum Gasteiger partial charge on any atom is 0.257 e. The van der Waals surface area contributed by atoms with Crippen molar-refractivity contribution in [1.82, 2.24) is 4.90 Å². The molecular weight excluding hydrogens is 439 g/mol. The summed E-state index contributed by atoms with van der Waals surface area (Å²) in [7, 11) is 0. The van der Waals surface area contributed by atoms with Gasteiger partial charge in [0.25, 0.3) is 5.91 Å². The number of carbonyl (C=O) groups excluding carboxylic acids is 2. The van der Waals surface area contributed by atoms with Crippen LogP contribution in [0.1, 0.15) is 33.8 Å². The van der Waals surface area contributed by atoms with Gasteiger partial charge in [-0.2, -0.15) is 0 Å². The molecule has 3 aromatic rings. The standard InChI is InChI=1S/C26H25FN2O3S/c1-16-22(26(31)29-11-13-32-14-12-29)25(33-23(16)17-7-3-2-4-8-17)28-24(30)20-15-19(20)18-9-5-6-10-21(18)27/h2-10,19-20H,11-15H2,1H3,(H,28,30). The topological polar surface area (TPSA) is 58.6 Å². The van der Waals surface area contributed by atoms with Crippen LogP contribution < -0.4 is 5.32 Å². The molecule has 2 amide bonds. The summed E-state index contributed by atoms with van der Waals surface area (Å²) in [4.78, 5) is 29.3. The highest BCUT2D eigenvalue weighted by atomic mass is 32.1. The molecule has 0 bridgehead atoms. The van der Waals surface area contributed by atoms with Gasteiger partial charge in [0.15, 0.2) is 0 Å². The van der Waals surface area contributed by atoms with Gasteiger partial charge in [-0.1, -0.05) is 48.5 Å². The van der Waals surface area contributed by atoms with E-state index < -0.39 is 0 Å². The first-order valence-electron chi connectivity index (χ1n) is 11.2. The molecule has 2 atom stereocenters. The van der Waals surface area contributed by atoms with Gasteiger partial charge in [-0.15, -0.1) is 11.3 Å². The minimum absolute atomic E-state index is 0.0917. The quantitative estimate of drug-likeness (QED) is 0.573. The molecule has 1 saturated carbocycles. The van der Waals surface area contributed by atoms with Gasteiger partial charge in [-0.3, -0.25) is 9.59 Å². The number of carbonyl (C=O) groups is 2. The van der Waals surface area contributed by atoms with Gasteiger partial charge in [-0.05, 0) is 42.0 Å². The number of thiophene rings is 1. The molecule has 2 heterocycles. The number of hydrogen-bond acceptors (Lipinski definition) is 4. The molecule has 5 nitrogen and oxygen atoms in total. The van der Waals surface area contributed by atoms with Gasteiger partial charge in [0.2, 0.25) is 5.91 Å². The predicted octanol–water partition coefficient (Wildman–Crippen LogP) is 5.08. The van der Waals surface area contributed by atoms with Crippen LogP contribution in [0.4, 0.5) is 9.39 Å². The van der Waals surface area contributed by atoms with E-state index >= 15 is 0 Å². The number of benzene rings is 2. The summed E-state index contributed by atoms with van der Waals surface area (Å²) < 4.78 is 19.6. The number of amides is 2. The van der Waals surface area contributed by atoms with Crippen molar-refractivity contribution in [1.29, 1.82) is 0 Å². The largest absolute Gasteiger partial charge is 0.378 e. The summed E-state index contributed by atoms with van der Waals surface area (Å²) in [5.41, 5.74) is 2.98. The van der Waals surface area contributed by atoms with Crippen molar-refractivity contribution in [2.45, 2.75) is 19.3 Å². The molecule has 1 saturated heterocycles. The summed E-state index contributed by atoms with van der Waals surface area (Å²) in [6.07, 6.45) is 0.607. The lowest BCUT2D eigenvalue weighted by molar-refractivity contribution is -0.117. The monoisotopic (exact) mass is 464 g/mol. The Hall–Kier alpha value is -3.03. The smallest absolute Gasteiger partial charge is 0.257 e. The van der Waals surface area contributed by atoms with Crippen LogP contribution in [0.3, 0.4) is 0 Å². The molecule has 1 aliphatic heterocycles. The zero-order valence-electron chi connectivity index (χ0n) is 18.3. The zero-order valence-corrected chi connectivity index (χ0v) is 19.2. The van der Waals surface area contributed by atoms with Crippen molar-refractivity contribution < 1.29 is 18.7 Å². The summed E-state index contributed by atoms with van der Waals surface area (Å²) in [5.74, 6) is -0.958. The number of anilines is 1. The average molecular weight is 465 g/mol. The Morgan fingerprint density at radius 2 is 1.76 bits per heavy atom. The molecule has 2 unspecified atom stereocenters. The average Bonchev–Trinajstić information content (AvgIpc) is 3.58. The zero-order chi connectivity index (χ0) is 22.9. The SMILES string of the molecule is Cc1c(-c2ccccc2)sc(NC(=O)C2CC2c2ccccc2F)c1C(=O)N1CCOCC1. The van der Waals surface area contributed by atoms with E-state index in [-0.39, 0.29) is 29.5 Å². The van der Waals surface area contributed by atoms with Gasteiger partial charge < -0.3 is 15.0 Å². The number of nitrogens with one attached hydrogen (secondary N) is 1. The third kappa shape index (κ3) is 4.30. The predicted molar refractivity (Wildman–Crippen MR) is 127 cm³/mol.